The number of rotatable bonds is 7. The predicted molar refractivity (Wildman–Crippen MR) is 89.2 cm³/mol. The number of aliphatic hydroxyl groups is 1. The van der Waals surface area contributed by atoms with Gasteiger partial charge in [0, 0.05) is 32.0 Å². The average Bonchev–Trinajstić information content (AvgIpc) is 2.99. The van der Waals surface area contributed by atoms with Crippen molar-refractivity contribution in [2.24, 2.45) is 0 Å². The monoisotopic (exact) mass is 336 g/mol. The van der Waals surface area contributed by atoms with Gasteiger partial charge in [0.1, 0.15) is 0 Å². The molecule has 1 atom stereocenters. The molecule has 0 radical (unpaired) electrons. The summed E-state index contributed by atoms with van der Waals surface area (Å²) in [5, 5.41) is 9.85. The summed E-state index contributed by atoms with van der Waals surface area (Å²) in [5.41, 5.74) is 0.785. The van der Waals surface area contributed by atoms with Crippen LogP contribution in [-0.2, 0) is 11.2 Å². The van der Waals surface area contributed by atoms with Gasteiger partial charge in [-0.15, -0.1) is 0 Å². The van der Waals surface area contributed by atoms with Crippen LogP contribution in [0.25, 0.3) is 11.3 Å². The minimum atomic E-state index is -0.407. The Morgan fingerprint density at radius 2 is 2.17 bits per heavy atom. The first kappa shape index (κ1) is 17.5. The van der Waals surface area contributed by atoms with Crippen LogP contribution in [0.4, 0.5) is 0 Å². The number of aliphatic hydroxyl groups excluding tert-OH is 1. The highest BCUT2D eigenvalue weighted by molar-refractivity contribution is 6.33. The fraction of sp³-hybridized carbons (Fsp3) is 0.412. The smallest absolute Gasteiger partial charge is 0.222 e. The van der Waals surface area contributed by atoms with Crippen molar-refractivity contribution in [3.63, 3.8) is 0 Å². The van der Waals surface area contributed by atoms with Crippen molar-refractivity contribution in [3.8, 4) is 11.3 Å². The maximum absolute atomic E-state index is 12.0. The van der Waals surface area contributed by atoms with Gasteiger partial charge in [0.25, 0.3) is 0 Å². The summed E-state index contributed by atoms with van der Waals surface area (Å²) in [4.78, 5) is 17.8. The van der Waals surface area contributed by atoms with E-state index in [4.69, 9.17) is 16.0 Å². The zero-order chi connectivity index (χ0) is 16.8. The molecule has 5 nitrogen and oxygen atoms in total. The van der Waals surface area contributed by atoms with E-state index >= 15 is 0 Å². The molecular formula is C17H21ClN2O3. The summed E-state index contributed by atoms with van der Waals surface area (Å²) < 4.78 is 5.67. The van der Waals surface area contributed by atoms with Crippen molar-refractivity contribution in [1.29, 1.82) is 0 Å². The molecule has 0 saturated heterocycles. The highest BCUT2D eigenvalue weighted by Gasteiger charge is 2.13. The van der Waals surface area contributed by atoms with Crippen LogP contribution in [-0.4, -0.2) is 40.6 Å². The summed E-state index contributed by atoms with van der Waals surface area (Å²) in [6.45, 7) is 2.24. The minimum absolute atomic E-state index is 0.00291. The Morgan fingerprint density at radius 1 is 1.43 bits per heavy atom. The maximum Gasteiger partial charge on any atom is 0.222 e. The zero-order valence-electron chi connectivity index (χ0n) is 13.3. The Bertz CT molecular complexity index is 655. The van der Waals surface area contributed by atoms with E-state index in [1.54, 1.807) is 31.1 Å². The fourth-order valence-electron chi connectivity index (χ4n) is 2.12. The largest absolute Gasteiger partial charge is 0.441 e. The van der Waals surface area contributed by atoms with Crippen molar-refractivity contribution in [2.75, 3.05) is 13.6 Å². The van der Waals surface area contributed by atoms with E-state index in [1.807, 2.05) is 18.2 Å². The molecule has 0 aliphatic heterocycles. The van der Waals surface area contributed by atoms with Gasteiger partial charge in [0.05, 0.1) is 17.3 Å². The van der Waals surface area contributed by atoms with Gasteiger partial charge >= 0.3 is 0 Å². The Hall–Kier alpha value is -1.85. The first-order chi connectivity index (χ1) is 11.0. The van der Waals surface area contributed by atoms with Gasteiger partial charge in [-0.3, -0.25) is 4.79 Å². The standard InChI is InChI=1S/C17H21ClN2O3/c1-12(21)9-10-20(2)17(22)8-7-16-19-11-15(23-16)13-5-3-4-6-14(13)18/h3-6,11-12,21H,7-10H2,1-2H3. The van der Waals surface area contributed by atoms with Gasteiger partial charge in [0.2, 0.25) is 5.91 Å². The minimum Gasteiger partial charge on any atom is -0.441 e. The molecule has 124 valence electrons. The van der Waals surface area contributed by atoms with E-state index in [9.17, 15) is 9.90 Å². The SMILES string of the molecule is CC(O)CCN(C)C(=O)CCc1ncc(-c2ccccc2Cl)o1. The molecular weight excluding hydrogens is 316 g/mol. The summed E-state index contributed by atoms with van der Waals surface area (Å²) in [5.74, 6) is 1.11. The molecule has 2 aromatic rings. The molecule has 0 fully saturated rings. The topological polar surface area (TPSA) is 66.6 Å². The summed E-state index contributed by atoms with van der Waals surface area (Å²) in [7, 11) is 1.73. The number of aryl methyl sites for hydroxylation is 1. The molecule has 1 aromatic carbocycles. The van der Waals surface area contributed by atoms with Gasteiger partial charge < -0.3 is 14.4 Å². The second-order valence-corrected chi connectivity index (χ2v) is 5.96. The first-order valence-corrected chi connectivity index (χ1v) is 7.97. The van der Waals surface area contributed by atoms with Gasteiger partial charge in [0.15, 0.2) is 11.7 Å². The van der Waals surface area contributed by atoms with Crippen LogP contribution in [0.5, 0.6) is 0 Å². The summed E-state index contributed by atoms with van der Waals surface area (Å²) in [6, 6.07) is 7.39. The third-order valence-electron chi connectivity index (χ3n) is 3.55. The molecule has 0 spiro atoms. The van der Waals surface area contributed by atoms with Gasteiger partial charge in [-0.25, -0.2) is 4.98 Å². The number of aromatic nitrogens is 1. The van der Waals surface area contributed by atoms with Crippen LogP contribution in [0.1, 0.15) is 25.7 Å². The number of benzene rings is 1. The van der Waals surface area contributed by atoms with Crippen LogP contribution in [0.3, 0.4) is 0 Å². The van der Waals surface area contributed by atoms with E-state index in [-0.39, 0.29) is 5.91 Å². The molecule has 6 heteroatoms. The van der Waals surface area contributed by atoms with E-state index in [1.165, 1.54) is 0 Å². The van der Waals surface area contributed by atoms with Crippen molar-refractivity contribution in [3.05, 3.63) is 41.4 Å². The van der Waals surface area contributed by atoms with Crippen molar-refractivity contribution in [1.82, 2.24) is 9.88 Å². The van der Waals surface area contributed by atoms with Crippen LogP contribution in [0, 0.1) is 0 Å². The summed E-state index contributed by atoms with van der Waals surface area (Å²) >= 11 is 6.13. The number of carbonyl (C=O) groups is 1. The molecule has 23 heavy (non-hydrogen) atoms. The Balaban J connectivity index is 1.90. The summed E-state index contributed by atoms with van der Waals surface area (Å²) in [6.07, 6.45) is 2.53. The quantitative estimate of drug-likeness (QED) is 0.843. The number of oxazole rings is 1. The third-order valence-corrected chi connectivity index (χ3v) is 3.88. The van der Waals surface area contributed by atoms with Crippen molar-refractivity contribution < 1.29 is 14.3 Å². The Morgan fingerprint density at radius 3 is 2.87 bits per heavy atom. The number of hydrogen-bond donors (Lipinski definition) is 1. The van der Waals surface area contributed by atoms with E-state index in [0.29, 0.717) is 42.5 Å². The molecule has 0 bridgehead atoms. The van der Waals surface area contributed by atoms with Gasteiger partial charge in [-0.05, 0) is 25.5 Å². The molecule has 0 saturated carbocycles. The van der Waals surface area contributed by atoms with Crippen LogP contribution < -0.4 is 0 Å². The van der Waals surface area contributed by atoms with Gasteiger partial charge in [-0.2, -0.15) is 0 Å². The van der Waals surface area contributed by atoms with Crippen LogP contribution >= 0.6 is 11.6 Å². The molecule has 2 rings (SSSR count). The lowest BCUT2D eigenvalue weighted by Gasteiger charge is -2.17. The fourth-order valence-corrected chi connectivity index (χ4v) is 2.35. The van der Waals surface area contributed by atoms with E-state index in [2.05, 4.69) is 4.98 Å². The lowest BCUT2D eigenvalue weighted by Crippen LogP contribution is -2.29. The predicted octanol–water partition coefficient (Wildman–Crippen LogP) is 3.16. The lowest BCUT2D eigenvalue weighted by atomic mass is 10.2. The zero-order valence-corrected chi connectivity index (χ0v) is 14.1. The highest BCUT2D eigenvalue weighted by Crippen LogP contribution is 2.28. The lowest BCUT2D eigenvalue weighted by molar-refractivity contribution is -0.130. The Kier molecular flexibility index (Phi) is 6.19. The highest BCUT2D eigenvalue weighted by atomic mass is 35.5. The van der Waals surface area contributed by atoms with Gasteiger partial charge in [-0.1, -0.05) is 23.7 Å². The number of amides is 1. The van der Waals surface area contributed by atoms with Crippen LogP contribution in [0.2, 0.25) is 5.02 Å². The van der Waals surface area contributed by atoms with E-state index < -0.39 is 6.10 Å². The van der Waals surface area contributed by atoms with Crippen LogP contribution in [0.15, 0.2) is 34.9 Å². The number of halogens is 1. The molecule has 0 aliphatic rings. The first-order valence-electron chi connectivity index (χ1n) is 7.59. The Labute approximate surface area is 140 Å². The number of carbonyl (C=O) groups excluding carboxylic acids is 1. The molecule has 1 unspecified atom stereocenters. The normalized spacial score (nSPS) is 12.2. The molecule has 0 aliphatic carbocycles. The second-order valence-electron chi connectivity index (χ2n) is 5.55. The molecule has 1 heterocycles. The third kappa shape index (κ3) is 5.08. The number of hydrogen-bond acceptors (Lipinski definition) is 4. The van der Waals surface area contributed by atoms with Crippen molar-refractivity contribution >= 4 is 17.5 Å². The molecule has 1 amide bonds. The average molecular weight is 337 g/mol. The van der Waals surface area contributed by atoms with Crippen molar-refractivity contribution in [2.45, 2.75) is 32.3 Å². The second kappa shape index (κ2) is 8.13. The maximum atomic E-state index is 12.0. The number of nitrogens with zero attached hydrogens (tertiary/aromatic N) is 2. The molecule has 1 aromatic heterocycles. The molecule has 1 N–H and O–H groups in total. The van der Waals surface area contributed by atoms with E-state index in [0.717, 1.165) is 5.56 Å².